The van der Waals surface area contributed by atoms with Crippen LogP contribution in [0.2, 0.25) is 0 Å². The van der Waals surface area contributed by atoms with Crippen LogP contribution in [0.1, 0.15) is 53.0 Å². The zero-order valence-corrected chi connectivity index (χ0v) is 18.3. The van der Waals surface area contributed by atoms with Crippen LogP contribution in [0.3, 0.4) is 0 Å². The average molecular weight is 413 g/mol. The number of aldehydes is 1. The van der Waals surface area contributed by atoms with E-state index < -0.39 is 0 Å². The number of aryl methyl sites for hydroxylation is 1. The number of carbonyl (C=O) groups is 2. The second-order valence-corrected chi connectivity index (χ2v) is 7.91. The Balaban J connectivity index is 0.00000124. The Hall–Kier alpha value is -2.67. The molecule has 7 nitrogen and oxygen atoms in total. The van der Waals surface area contributed by atoms with Crippen molar-refractivity contribution >= 4 is 17.9 Å². The predicted molar refractivity (Wildman–Crippen MR) is 118 cm³/mol. The molecule has 1 saturated heterocycles. The van der Waals surface area contributed by atoms with Gasteiger partial charge in [0.05, 0.1) is 17.5 Å². The van der Waals surface area contributed by atoms with Crippen molar-refractivity contribution in [1.82, 2.24) is 14.7 Å². The number of nitrogens with one attached hydrogen (secondary N) is 1. The number of anilines is 1. The van der Waals surface area contributed by atoms with Crippen molar-refractivity contribution < 1.29 is 14.7 Å². The summed E-state index contributed by atoms with van der Waals surface area (Å²) >= 11 is 0. The summed E-state index contributed by atoms with van der Waals surface area (Å²) in [5.74, 6) is 0.744. The number of hydrogen-bond acceptors (Lipinski definition) is 5. The monoisotopic (exact) mass is 412 g/mol. The van der Waals surface area contributed by atoms with Gasteiger partial charge in [0.25, 0.3) is 5.91 Å². The van der Waals surface area contributed by atoms with Gasteiger partial charge in [0, 0.05) is 56.0 Å². The molecule has 1 saturated carbocycles. The van der Waals surface area contributed by atoms with Crippen LogP contribution in [-0.4, -0.2) is 58.7 Å². The lowest BCUT2D eigenvalue weighted by Crippen LogP contribution is -2.51. The molecule has 2 aromatic rings. The Morgan fingerprint density at radius 2 is 1.97 bits per heavy atom. The van der Waals surface area contributed by atoms with Crippen LogP contribution >= 0.6 is 0 Å². The quantitative estimate of drug-likeness (QED) is 0.682. The molecule has 0 atom stereocenters. The first-order valence-corrected chi connectivity index (χ1v) is 10.8. The van der Waals surface area contributed by atoms with Gasteiger partial charge in [-0.1, -0.05) is 13.8 Å². The lowest BCUT2D eigenvalue weighted by molar-refractivity contribution is 0.0361. The second kappa shape index (κ2) is 9.43. The van der Waals surface area contributed by atoms with E-state index in [0.717, 1.165) is 35.3 Å². The molecule has 2 fully saturated rings. The van der Waals surface area contributed by atoms with Gasteiger partial charge in [0.15, 0.2) is 6.29 Å². The van der Waals surface area contributed by atoms with Crippen LogP contribution < -0.4 is 5.32 Å². The first-order valence-electron chi connectivity index (χ1n) is 10.8. The molecule has 2 aliphatic rings. The molecule has 1 aromatic heterocycles. The third-order valence-electron chi connectivity index (χ3n) is 5.74. The fraction of sp³-hybridized carbons (Fsp3) is 0.522. The Morgan fingerprint density at radius 3 is 2.53 bits per heavy atom. The maximum Gasteiger partial charge on any atom is 0.254 e. The van der Waals surface area contributed by atoms with E-state index in [9.17, 15) is 14.7 Å². The standard InChI is InChI=1S/C21H26N4O3.C2H6/c1-13-5-19(22-2)18(6-17(13)21(28)24-8-15(9-24)11-26)20-16(12-27)7-23-25(20)10-14-3-4-14;1-2/h5-7,12,14-15,22,26H,3-4,8-11H2,1-2H3;1-2H3. The predicted octanol–water partition coefficient (Wildman–Crippen LogP) is 3.21. The van der Waals surface area contributed by atoms with Crippen molar-refractivity contribution in [2.24, 2.45) is 11.8 Å². The summed E-state index contributed by atoms with van der Waals surface area (Å²) in [5, 5.41) is 16.9. The van der Waals surface area contributed by atoms with Gasteiger partial charge >= 0.3 is 0 Å². The average Bonchev–Trinajstić information content (AvgIpc) is 3.46. The number of aliphatic hydroxyl groups is 1. The molecule has 1 aliphatic carbocycles. The van der Waals surface area contributed by atoms with E-state index in [1.54, 1.807) is 11.1 Å². The van der Waals surface area contributed by atoms with Crippen molar-refractivity contribution in [3.8, 4) is 11.3 Å². The lowest BCUT2D eigenvalue weighted by Gasteiger charge is -2.38. The zero-order valence-electron chi connectivity index (χ0n) is 18.3. The molecule has 1 aliphatic heterocycles. The summed E-state index contributed by atoms with van der Waals surface area (Å²) in [4.78, 5) is 26.4. The minimum absolute atomic E-state index is 0.0352. The summed E-state index contributed by atoms with van der Waals surface area (Å²) in [6, 6.07) is 3.83. The van der Waals surface area contributed by atoms with E-state index in [0.29, 0.717) is 30.1 Å². The molecule has 0 radical (unpaired) electrons. The van der Waals surface area contributed by atoms with Crippen LogP contribution in [0.25, 0.3) is 11.3 Å². The first-order chi connectivity index (χ1) is 14.5. The normalized spacial score (nSPS) is 15.8. The van der Waals surface area contributed by atoms with Crippen molar-refractivity contribution in [2.75, 3.05) is 32.1 Å². The van der Waals surface area contributed by atoms with Crippen LogP contribution in [0.4, 0.5) is 5.69 Å². The minimum Gasteiger partial charge on any atom is -0.396 e. The fourth-order valence-electron chi connectivity index (χ4n) is 3.83. The Labute approximate surface area is 178 Å². The molecule has 1 aromatic carbocycles. The second-order valence-electron chi connectivity index (χ2n) is 7.91. The van der Waals surface area contributed by atoms with Crippen LogP contribution in [0.5, 0.6) is 0 Å². The number of rotatable bonds is 7. The van der Waals surface area contributed by atoms with E-state index in [1.807, 2.05) is 44.6 Å². The molecular formula is C23H32N4O3. The smallest absolute Gasteiger partial charge is 0.254 e. The van der Waals surface area contributed by atoms with Crippen molar-refractivity contribution in [2.45, 2.75) is 40.2 Å². The van der Waals surface area contributed by atoms with E-state index >= 15 is 0 Å². The van der Waals surface area contributed by atoms with E-state index in [2.05, 4.69) is 10.4 Å². The lowest BCUT2D eigenvalue weighted by atomic mass is 9.95. The summed E-state index contributed by atoms with van der Waals surface area (Å²) in [7, 11) is 1.84. The number of aromatic nitrogens is 2. The van der Waals surface area contributed by atoms with Gasteiger partial charge in [0.1, 0.15) is 0 Å². The highest BCUT2D eigenvalue weighted by atomic mass is 16.3. The van der Waals surface area contributed by atoms with E-state index in [1.165, 1.54) is 12.8 Å². The SMILES string of the molecule is CC.CNc1cc(C)c(C(=O)N2CC(CO)C2)cc1-c1c(C=O)cnn1CC1CC1. The van der Waals surface area contributed by atoms with Crippen molar-refractivity contribution in [3.63, 3.8) is 0 Å². The van der Waals surface area contributed by atoms with Gasteiger partial charge in [0.2, 0.25) is 0 Å². The number of benzene rings is 1. The highest BCUT2D eigenvalue weighted by Gasteiger charge is 2.32. The number of hydrogen-bond donors (Lipinski definition) is 2. The number of likely N-dealkylation sites (tertiary alicyclic amines) is 1. The maximum atomic E-state index is 13.0. The summed E-state index contributed by atoms with van der Waals surface area (Å²) < 4.78 is 1.90. The van der Waals surface area contributed by atoms with Gasteiger partial charge in [-0.25, -0.2) is 0 Å². The van der Waals surface area contributed by atoms with Gasteiger partial charge < -0.3 is 15.3 Å². The minimum atomic E-state index is -0.0352. The largest absolute Gasteiger partial charge is 0.396 e. The molecule has 1 amide bonds. The number of amides is 1. The first kappa shape index (κ1) is 22.0. The Morgan fingerprint density at radius 1 is 1.27 bits per heavy atom. The van der Waals surface area contributed by atoms with Crippen LogP contribution in [0.15, 0.2) is 18.3 Å². The number of aliphatic hydroxyl groups excluding tert-OH is 1. The highest BCUT2D eigenvalue weighted by Crippen LogP contribution is 2.37. The fourth-order valence-corrected chi connectivity index (χ4v) is 3.83. The molecular weight excluding hydrogens is 380 g/mol. The topological polar surface area (TPSA) is 87.5 Å². The molecule has 2 N–H and O–H groups in total. The molecule has 30 heavy (non-hydrogen) atoms. The molecule has 162 valence electrons. The summed E-state index contributed by atoms with van der Waals surface area (Å²) in [6.45, 7) is 7.97. The molecule has 4 rings (SSSR count). The van der Waals surface area contributed by atoms with Crippen molar-refractivity contribution in [3.05, 3.63) is 35.0 Å². The maximum absolute atomic E-state index is 13.0. The van der Waals surface area contributed by atoms with Crippen LogP contribution in [0, 0.1) is 18.8 Å². The Kier molecular flexibility index (Phi) is 6.92. The summed E-state index contributed by atoms with van der Waals surface area (Å²) in [5.41, 5.74) is 4.48. The van der Waals surface area contributed by atoms with Gasteiger partial charge in [-0.3, -0.25) is 14.3 Å². The van der Waals surface area contributed by atoms with Gasteiger partial charge in [-0.15, -0.1) is 0 Å². The molecule has 0 spiro atoms. The number of nitrogens with zero attached hydrogens (tertiary/aromatic N) is 3. The van der Waals surface area contributed by atoms with E-state index in [4.69, 9.17) is 0 Å². The summed E-state index contributed by atoms with van der Waals surface area (Å²) in [6.07, 6.45) is 4.81. The van der Waals surface area contributed by atoms with Crippen molar-refractivity contribution in [1.29, 1.82) is 0 Å². The molecule has 0 bridgehead atoms. The highest BCUT2D eigenvalue weighted by molar-refractivity contribution is 6.00. The Bertz CT molecular complexity index is 911. The third kappa shape index (κ3) is 4.26. The van der Waals surface area contributed by atoms with E-state index in [-0.39, 0.29) is 18.4 Å². The number of carbonyl (C=O) groups excluding carboxylic acids is 2. The van der Waals surface area contributed by atoms with Crippen LogP contribution in [-0.2, 0) is 6.54 Å². The molecule has 0 unspecified atom stereocenters. The molecule has 7 heteroatoms. The molecule has 2 heterocycles. The third-order valence-corrected chi connectivity index (χ3v) is 5.74. The van der Waals surface area contributed by atoms with Gasteiger partial charge in [-0.05, 0) is 43.4 Å². The zero-order chi connectivity index (χ0) is 21.8. The van der Waals surface area contributed by atoms with Gasteiger partial charge in [-0.2, -0.15) is 5.10 Å².